The molecule has 5 atom stereocenters. The van der Waals surface area contributed by atoms with E-state index in [2.05, 4.69) is 39.9 Å². The minimum atomic E-state index is -0.590. The molecule has 1 aliphatic heterocycles. The zero-order chi connectivity index (χ0) is 24.1. The van der Waals surface area contributed by atoms with Crippen molar-refractivity contribution in [3.63, 3.8) is 0 Å². The molecule has 3 saturated carbocycles. The van der Waals surface area contributed by atoms with Gasteiger partial charge in [-0.3, -0.25) is 9.59 Å². The predicted molar refractivity (Wildman–Crippen MR) is 126 cm³/mol. The second kappa shape index (κ2) is 8.81. The first kappa shape index (κ1) is 24.4. The minimum Gasteiger partial charge on any atom is -0.405 e. The molecule has 33 heavy (non-hydrogen) atoms. The minimum absolute atomic E-state index is 0.0393. The van der Waals surface area contributed by atoms with Gasteiger partial charge < -0.3 is 14.6 Å². The van der Waals surface area contributed by atoms with Crippen LogP contribution in [0.5, 0.6) is 0 Å². The molecule has 0 aromatic heterocycles. The van der Waals surface area contributed by atoms with Crippen molar-refractivity contribution in [1.82, 2.24) is 5.32 Å². The van der Waals surface area contributed by atoms with E-state index in [0.717, 1.165) is 18.4 Å². The van der Waals surface area contributed by atoms with Crippen LogP contribution in [0.1, 0.15) is 76.2 Å². The van der Waals surface area contributed by atoms with Crippen LogP contribution in [-0.4, -0.2) is 37.1 Å². The van der Waals surface area contributed by atoms with E-state index >= 15 is 0 Å². The Morgan fingerprint density at radius 1 is 1.24 bits per heavy atom. The van der Waals surface area contributed by atoms with Gasteiger partial charge in [-0.1, -0.05) is 39.3 Å². The van der Waals surface area contributed by atoms with Crippen LogP contribution in [0.25, 0.3) is 0 Å². The van der Waals surface area contributed by atoms with Crippen LogP contribution in [0.4, 0.5) is 4.39 Å². The Morgan fingerprint density at radius 2 is 1.97 bits per heavy atom. The third kappa shape index (κ3) is 4.51. The van der Waals surface area contributed by atoms with Crippen molar-refractivity contribution in [1.29, 1.82) is 0 Å². The van der Waals surface area contributed by atoms with Gasteiger partial charge in [0.05, 0.1) is 23.8 Å². The summed E-state index contributed by atoms with van der Waals surface area (Å²) in [5.41, 5.74) is 0.708. The molecular formula is C26H37BFNO4. The summed E-state index contributed by atoms with van der Waals surface area (Å²) in [5.74, 6) is 0.188. The van der Waals surface area contributed by atoms with Crippen molar-refractivity contribution in [2.24, 2.45) is 23.2 Å². The number of amides is 1. The number of halogens is 1. The second-order valence-corrected chi connectivity index (χ2v) is 11.6. The van der Waals surface area contributed by atoms with Gasteiger partial charge in [0.25, 0.3) is 5.91 Å². The maximum atomic E-state index is 14.0. The summed E-state index contributed by atoms with van der Waals surface area (Å²) in [5, 5.41) is 2.59. The topological polar surface area (TPSA) is 64.6 Å². The Hall–Kier alpha value is -1.73. The summed E-state index contributed by atoms with van der Waals surface area (Å²) < 4.78 is 27.0. The lowest BCUT2D eigenvalue weighted by molar-refractivity contribution is -0.199. The fourth-order valence-electron chi connectivity index (χ4n) is 6.45. The fraction of sp³-hybridized carbons (Fsp3) is 0.692. The molecule has 1 N–H and O–H groups in total. The maximum absolute atomic E-state index is 14.0. The first-order chi connectivity index (χ1) is 15.4. The molecule has 1 saturated heterocycles. The van der Waals surface area contributed by atoms with Crippen LogP contribution < -0.4 is 5.32 Å². The summed E-state index contributed by atoms with van der Waals surface area (Å²) in [4.78, 5) is 25.2. The molecule has 5 nitrogen and oxygen atoms in total. The number of carbonyl (C=O) groups is 2. The molecule has 2 bridgehead atoms. The Bertz CT molecular complexity index is 935. The van der Waals surface area contributed by atoms with Crippen molar-refractivity contribution in [3.05, 3.63) is 35.1 Å². The standard InChI is InChI=1S/C26H37BFNO4/c1-15(2)9-18(13-19(30)14-29-24(31)20-10-16(3)7-8-21(20)28)27-32-23-12-17-11-22(25(17,4)5)26(23,6)33-27/h7-8,10,15,17-18,22-23H,9,11-14H2,1-6H3,(H,29,31)/t17-,18+,22-,23+,26-/m0/s1. The molecule has 1 amide bonds. The summed E-state index contributed by atoms with van der Waals surface area (Å²) in [6.07, 6.45) is 3.34. The molecular weight excluding hydrogens is 420 g/mol. The average Bonchev–Trinajstić information content (AvgIpc) is 3.10. The molecule has 1 aromatic rings. The Balaban J connectivity index is 1.39. The van der Waals surface area contributed by atoms with Gasteiger partial charge in [-0.05, 0) is 68.4 Å². The third-order valence-corrected chi connectivity index (χ3v) is 8.43. The summed E-state index contributed by atoms with van der Waals surface area (Å²) in [6, 6.07) is 4.37. The van der Waals surface area contributed by atoms with Crippen LogP contribution >= 0.6 is 0 Å². The van der Waals surface area contributed by atoms with Gasteiger partial charge in [-0.15, -0.1) is 0 Å². The quantitative estimate of drug-likeness (QED) is 0.560. The van der Waals surface area contributed by atoms with Crippen molar-refractivity contribution in [3.8, 4) is 0 Å². The third-order valence-electron chi connectivity index (χ3n) is 8.43. The molecule has 0 radical (unpaired) electrons. The lowest BCUT2D eigenvalue weighted by Crippen LogP contribution is -2.65. The molecule has 0 unspecified atom stereocenters. The van der Waals surface area contributed by atoms with Gasteiger partial charge >= 0.3 is 7.12 Å². The highest BCUT2D eigenvalue weighted by Gasteiger charge is 2.68. The maximum Gasteiger partial charge on any atom is 0.461 e. The SMILES string of the molecule is Cc1ccc(F)c(C(=O)NCC(=O)C[C@@H](CC(C)C)B2O[C@@H]3C[C@@H]4C[C@@H](C4(C)C)[C@]3(C)O2)c1. The largest absolute Gasteiger partial charge is 0.461 e. The number of benzene rings is 1. The van der Waals surface area contributed by atoms with Crippen LogP contribution in [0.3, 0.4) is 0 Å². The molecule has 7 heteroatoms. The smallest absolute Gasteiger partial charge is 0.405 e. The molecule has 1 heterocycles. The summed E-state index contributed by atoms with van der Waals surface area (Å²) in [7, 11) is -0.411. The number of ketones is 1. The highest BCUT2D eigenvalue weighted by Crippen LogP contribution is 2.66. The van der Waals surface area contributed by atoms with Gasteiger partial charge in [-0.25, -0.2) is 4.39 Å². The van der Waals surface area contributed by atoms with E-state index < -0.39 is 18.8 Å². The number of carbonyl (C=O) groups excluding carboxylic acids is 2. The van der Waals surface area contributed by atoms with Crippen molar-refractivity contribution in [2.45, 2.75) is 84.7 Å². The molecule has 1 aromatic carbocycles. The van der Waals surface area contributed by atoms with E-state index in [1.807, 2.05) is 0 Å². The van der Waals surface area contributed by atoms with E-state index in [-0.39, 0.29) is 47.2 Å². The zero-order valence-electron chi connectivity index (χ0n) is 20.7. The lowest BCUT2D eigenvalue weighted by atomic mass is 9.43. The molecule has 180 valence electrons. The van der Waals surface area contributed by atoms with Gasteiger partial charge in [0.15, 0.2) is 5.78 Å². The van der Waals surface area contributed by atoms with E-state index in [1.165, 1.54) is 18.6 Å². The van der Waals surface area contributed by atoms with Crippen molar-refractivity contribution < 1.29 is 23.3 Å². The highest BCUT2D eigenvalue weighted by atomic mass is 19.1. The second-order valence-electron chi connectivity index (χ2n) is 11.6. The lowest BCUT2D eigenvalue weighted by Gasteiger charge is -2.64. The fourth-order valence-corrected chi connectivity index (χ4v) is 6.45. The van der Waals surface area contributed by atoms with Gasteiger partial charge in [0.2, 0.25) is 0 Å². The molecule has 4 aliphatic rings. The Kier molecular flexibility index (Phi) is 6.51. The van der Waals surface area contributed by atoms with E-state index in [1.54, 1.807) is 13.0 Å². The van der Waals surface area contributed by atoms with Gasteiger partial charge in [0, 0.05) is 12.2 Å². The van der Waals surface area contributed by atoms with Crippen molar-refractivity contribution in [2.75, 3.05) is 6.54 Å². The van der Waals surface area contributed by atoms with Gasteiger partial charge in [0.1, 0.15) is 5.82 Å². The first-order valence-corrected chi connectivity index (χ1v) is 12.3. The normalized spacial score (nSPS) is 30.5. The first-order valence-electron chi connectivity index (χ1n) is 12.3. The summed E-state index contributed by atoms with van der Waals surface area (Å²) in [6.45, 7) is 12.8. The zero-order valence-corrected chi connectivity index (χ0v) is 20.7. The molecule has 3 aliphatic carbocycles. The average molecular weight is 457 g/mol. The highest BCUT2D eigenvalue weighted by molar-refractivity contribution is 6.47. The molecule has 0 spiro atoms. The van der Waals surface area contributed by atoms with Gasteiger partial charge in [-0.2, -0.15) is 0 Å². The van der Waals surface area contributed by atoms with Crippen LogP contribution in [0.15, 0.2) is 18.2 Å². The van der Waals surface area contributed by atoms with E-state index in [0.29, 0.717) is 17.8 Å². The van der Waals surface area contributed by atoms with E-state index in [4.69, 9.17) is 9.31 Å². The Morgan fingerprint density at radius 3 is 2.64 bits per heavy atom. The number of Topliss-reactive ketones (excluding diaryl/α,β-unsaturated/α-hetero) is 1. The molecule has 5 rings (SSSR count). The van der Waals surface area contributed by atoms with Crippen molar-refractivity contribution >= 4 is 18.8 Å². The van der Waals surface area contributed by atoms with Crippen LogP contribution in [0.2, 0.25) is 5.82 Å². The predicted octanol–water partition coefficient (Wildman–Crippen LogP) is 4.97. The Labute approximate surface area is 197 Å². The van der Waals surface area contributed by atoms with Crippen LogP contribution in [0, 0.1) is 35.9 Å². The number of hydrogen-bond acceptors (Lipinski definition) is 4. The van der Waals surface area contributed by atoms with E-state index in [9.17, 15) is 14.0 Å². The van der Waals surface area contributed by atoms with Crippen LogP contribution in [-0.2, 0) is 14.1 Å². The number of aryl methyl sites for hydroxylation is 1. The summed E-state index contributed by atoms with van der Waals surface area (Å²) >= 11 is 0. The monoisotopic (exact) mass is 457 g/mol. The number of nitrogens with one attached hydrogen (secondary N) is 1. The number of rotatable bonds is 8. The number of hydrogen-bond donors (Lipinski definition) is 1. The molecule has 4 fully saturated rings.